The highest BCUT2D eigenvalue weighted by molar-refractivity contribution is 5.60. The molecule has 0 bridgehead atoms. The van der Waals surface area contributed by atoms with Gasteiger partial charge < -0.3 is 4.99 Å². The number of hydrogen-bond acceptors (Lipinski definition) is 1. The van der Waals surface area contributed by atoms with Crippen molar-refractivity contribution in [3.05, 3.63) is 24.3 Å². The van der Waals surface area contributed by atoms with Crippen LogP contribution in [0.15, 0.2) is 29.3 Å². The van der Waals surface area contributed by atoms with Crippen molar-refractivity contribution in [2.75, 3.05) is 7.05 Å². The molecule has 1 heteroatoms. The molecule has 0 aromatic carbocycles. The predicted octanol–water partition coefficient (Wildman–Crippen LogP) is 3.24. The summed E-state index contributed by atoms with van der Waals surface area (Å²) < 4.78 is 0. The summed E-state index contributed by atoms with van der Waals surface area (Å²) in [5, 5.41) is 0. The largest absolute Gasteiger partial charge is 0.301 e. The molecule has 0 radical (unpaired) electrons. The molecular formula is C11H19N. The molecule has 0 spiro atoms. The van der Waals surface area contributed by atoms with Crippen LogP contribution in [0.4, 0.5) is 0 Å². The van der Waals surface area contributed by atoms with E-state index >= 15 is 0 Å². The molecule has 0 aromatic heterocycles. The summed E-state index contributed by atoms with van der Waals surface area (Å²) in [6, 6.07) is 0. The number of aliphatic imine (C=N–C) groups is 1. The fourth-order valence-corrected chi connectivity index (χ4v) is 1.19. The van der Waals surface area contributed by atoms with E-state index in [0.29, 0.717) is 5.92 Å². The van der Waals surface area contributed by atoms with Gasteiger partial charge in [-0.3, -0.25) is 0 Å². The summed E-state index contributed by atoms with van der Waals surface area (Å²) in [5.41, 5.74) is 1.32. The van der Waals surface area contributed by atoms with Gasteiger partial charge in [-0.2, -0.15) is 0 Å². The summed E-state index contributed by atoms with van der Waals surface area (Å²) in [5.74, 6) is 0.519. The summed E-state index contributed by atoms with van der Waals surface area (Å²) in [6.45, 7) is 8.09. The van der Waals surface area contributed by atoms with Crippen molar-refractivity contribution in [3.63, 3.8) is 0 Å². The van der Waals surface area contributed by atoms with Gasteiger partial charge in [-0.15, -0.1) is 0 Å². The van der Waals surface area contributed by atoms with Crippen molar-refractivity contribution in [1.29, 1.82) is 0 Å². The molecule has 0 amide bonds. The van der Waals surface area contributed by atoms with Crippen LogP contribution in [-0.4, -0.2) is 13.3 Å². The Morgan fingerprint density at radius 3 is 2.67 bits per heavy atom. The quantitative estimate of drug-likeness (QED) is 0.438. The maximum Gasteiger partial charge on any atom is 0.0273 e. The van der Waals surface area contributed by atoms with E-state index in [0.717, 1.165) is 12.8 Å². The van der Waals surface area contributed by atoms with Crippen molar-refractivity contribution in [2.45, 2.75) is 26.7 Å². The van der Waals surface area contributed by atoms with E-state index in [1.807, 2.05) is 19.3 Å². The average Bonchev–Trinajstić information content (AvgIpc) is 2.04. The van der Waals surface area contributed by atoms with E-state index < -0.39 is 0 Å². The zero-order valence-electron chi connectivity index (χ0n) is 8.38. The highest BCUT2D eigenvalue weighted by Crippen LogP contribution is 2.11. The van der Waals surface area contributed by atoms with Crippen molar-refractivity contribution < 1.29 is 0 Å². The Kier molecular flexibility index (Phi) is 6.35. The first-order chi connectivity index (χ1) is 5.74. The molecule has 0 saturated carbocycles. The van der Waals surface area contributed by atoms with Crippen LogP contribution in [-0.2, 0) is 0 Å². The van der Waals surface area contributed by atoms with E-state index in [1.54, 1.807) is 0 Å². The van der Waals surface area contributed by atoms with Crippen LogP contribution in [0, 0.1) is 5.92 Å². The van der Waals surface area contributed by atoms with E-state index in [9.17, 15) is 0 Å². The number of nitrogens with zero attached hydrogens (tertiary/aromatic N) is 1. The third-order valence-corrected chi connectivity index (χ3v) is 1.69. The number of allylic oxidation sites excluding steroid dienone is 3. The maximum atomic E-state index is 4.00. The highest BCUT2D eigenvalue weighted by Gasteiger charge is 1.98. The first-order valence-electron chi connectivity index (χ1n) is 4.48. The van der Waals surface area contributed by atoms with E-state index in [2.05, 4.69) is 31.5 Å². The number of rotatable bonds is 5. The first-order valence-corrected chi connectivity index (χ1v) is 4.48. The summed E-state index contributed by atoms with van der Waals surface area (Å²) in [7, 11) is 1.81. The lowest BCUT2D eigenvalue weighted by Crippen LogP contribution is -1.96. The zero-order valence-corrected chi connectivity index (χ0v) is 8.38. The minimum Gasteiger partial charge on any atom is -0.301 e. The van der Waals surface area contributed by atoms with Crippen LogP contribution in [0.3, 0.4) is 0 Å². The smallest absolute Gasteiger partial charge is 0.0273 e. The zero-order chi connectivity index (χ0) is 9.40. The summed E-state index contributed by atoms with van der Waals surface area (Å²) in [6.07, 6.45) is 8.26. The second-order valence-electron chi connectivity index (χ2n) is 2.98. The molecule has 0 rings (SSSR count). The molecule has 1 atom stereocenters. The van der Waals surface area contributed by atoms with Crippen LogP contribution in [0.2, 0.25) is 0 Å². The third kappa shape index (κ3) is 4.89. The highest BCUT2D eigenvalue weighted by atomic mass is 14.6. The Hall–Kier alpha value is -0.850. The van der Waals surface area contributed by atoms with Gasteiger partial charge in [-0.1, -0.05) is 38.2 Å². The Labute approximate surface area is 75.9 Å². The van der Waals surface area contributed by atoms with E-state index in [-0.39, 0.29) is 0 Å². The average molecular weight is 165 g/mol. The van der Waals surface area contributed by atoms with Gasteiger partial charge >= 0.3 is 0 Å². The SMILES string of the molecule is C=CC(=CCC)CC(C)C=NC. The fourth-order valence-electron chi connectivity index (χ4n) is 1.19. The van der Waals surface area contributed by atoms with Gasteiger partial charge in [0.1, 0.15) is 0 Å². The molecule has 68 valence electrons. The molecule has 0 aromatic rings. The Morgan fingerprint density at radius 1 is 1.58 bits per heavy atom. The molecule has 1 nitrogen and oxygen atoms in total. The summed E-state index contributed by atoms with van der Waals surface area (Å²) in [4.78, 5) is 4.00. The van der Waals surface area contributed by atoms with Crippen molar-refractivity contribution in [2.24, 2.45) is 10.9 Å². The molecule has 0 aliphatic heterocycles. The topological polar surface area (TPSA) is 12.4 Å². The Morgan fingerprint density at radius 2 is 2.25 bits per heavy atom. The van der Waals surface area contributed by atoms with Crippen molar-refractivity contribution >= 4 is 6.21 Å². The lowest BCUT2D eigenvalue weighted by Gasteiger charge is -2.05. The fraction of sp³-hybridized carbons (Fsp3) is 0.545. The molecule has 0 aliphatic rings. The molecule has 1 unspecified atom stereocenters. The first kappa shape index (κ1) is 11.2. The Balaban J connectivity index is 4.02. The molecule has 0 saturated heterocycles. The van der Waals surface area contributed by atoms with Gasteiger partial charge in [0, 0.05) is 13.3 Å². The monoisotopic (exact) mass is 165 g/mol. The van der Waals surface area contributed by atoms with Gasteiger partial charge in [-0.05, 0) is 18.8 Å². The standard InChI is InChI=1S/C11H19N/c1-5-7-11(6-2)8-10(3)9-12-4/h6-7,9-10H,2,5,8H2,1,3-4H3. The van der Waals surface area contributed by atoms with Gasteiger partial charge in [0.25, 0.3) is 0 Å². The van der Waals surface area contributed by atoms with Gasteiger partial charge in [-0.25, -0.2) is 0 Å². The van der Waals surface area contributed by atoms with Crippen LogP contribution >= 0.6 is 0 Å². The van der Waals surface area contributed by atoms with Crippen molar-refractivity contribution in [1.82, 2.24) is 0 Å². The Bertz CT molecular complexity index is 177. The van der Waals surface area contributed by atoms with Crippen LogP contribution < -0.4 is 0 Å². The minimum atomic E-state index is 0.519. The van der Waals surface area contributed by atoms with E-state index in [4.69, 9.17) is 0 Å². The molecule has 0 fully saturated rings. The molecule has 0 N–H and O–H groups in total. The van der Waals surface area contributed by atoms with Crippen LogP contribution in [0.25, 0.3) is 0 Å². The molecule has 0 heterocycles. The van der Waals surface area contributed by atoms with Gasteiger partial charge in [0.2, 0.25) is 0 Å². The molecule has 12 heavy (non-hydrogen) atoms. The lowest BCUT2D eigenvalue weighted by atomic mass is 10.0. The second kappa shape index (κ2) is 6.84. The normalized spacial score (nSPS) is 15.1. The molecule has 0 aliphatic carbocycles. The minimum absolute atomic E-state index is 0.519. The van der Waals surface area contributed by atoms with Gasteiger partial charge in [0.05, 0.1) is 0 Å². The number of hydrogen-bond donors (Lipinski definition) is 0. The van der Waals surface area contributed by atoms with Crippen molar-refractivity contribution in [3.8, 4) is 0 Å². The predicted molar refractivity (Wildman–Crippen MR) is 56.8 cm³/mol. The van der Waals surface area contributed by atoms with E-state index in [1.165, 1.54) is 5.57 Å². The summed E-state index contributed by atoms with van der Waals surface area (Å²) >= 11 is 0. The van der Waals surface area contributed by atoms with Crippen LogP contribution in [0.5, 0.6) is 0 Å². The van der Waals surface area contributed by atoms with Gasteiger partial charge in [0.15, 0.2) is 0 Å². The third-order valence-electron chi connectivity index (χ3n) is 1.69. The maximum absolute atomic E-state index is 4.00. The van der Waals surface area contributed by atoms with Crippen LogP contribution in [0.1, 0.15) is 26.7 Å². The second-order valence-corrected chi connectivity index (χ2v) is 2.98. The lowest BCUT2D eigenvalue weighted by molar-refractivity contribution is 0.782. The molecular weight excluding hydrogens is 146 g/mol.